The molecule has 28 heavy (non-hydrogen) atoms. The number of alkyl halides is 3. The van der Waals surface area contributed by atoms with Gasteiger partial charge in [0.15, 0.2) is 0 Å². The van der Waals surface area contributed by atoms with Crippen molar-refractivity contribution in [2.24, 2.45) is 5.92 Å². The molecule has 0 unspecified atom stereocenters. The Kier molecular flexibility index (Phi) is 6.78. The van der Waals surface area contributed by atoms with Crippen LogP contribution in [0, 0.1) is 5.92 Å². The summed E-state index contributed by atoms with van der Waals surface area (Å²) in [6.45, 7) is 2.63. The van der Waals surface area contributed by atoms with Gasteiger partial charge < -0.3 is 5.32 Å². The smallest absolute Gasteiger partial charge is 0.352 e. The number of amides is 1. The molecule has 1 N–H and O–H groups in total. The molecule has 1 fully saturated rings. The number of nitrogens with zero attached hydrogens (tertiary/aromatic N) is 1. The molecule has 3 rings (SSSR count). The molecule has 2 aromatic carbocycles. The fourth-order valence-corrected chi connectivity index (χ4v) is 3.66. The van der Waals surface area contributed by atoms with E-state index in [2.05, 4.69) is 38.3 Å². The summed E-state index contributed by atoms with van der Waals surface area (Å²) >= 11 is 3.43. The molecule has 1 heterocycles. The van der Waals surface area contributed by atoms with E-state index in [0.29, 0.717) is 5.56 Å². The van der Waals surface area contributed by atoms with Gasteiger partial charge in [0.25, 0.3) is 0 Å². The van der Waals surface area contributed by atoms with Gasteiger partial charge in [-0.1, -0.05) is 40.2 Å². The first-order valence-electron chi connectivity index (χ1n) is 9.22. The van der Waals surface area contributed by atoms with Gasteiger partial charge in [-0.3, -0.25) is 9.69 Å². The number of hydrogen-bond acceptors (Lipinski definition) is 2. The lowest BCUT2D eigenvalue weighted by Crippen LogP contribution is -2.40. The first kappa shape index (κ1) is 20.9. The van der Waals surface area contributed by atoms with Gasteiger partial charge in [-0.2, -0.15) is 13.2 Å². The number of nitrogens with one attached hydrogen (secondary N) is 1. The lowest BCUT2D eigenvalue weighted by molar-refractivity contribution is -0.137. The fourth-order valence-electron chi connectivity index (χ4n) is 3.39. The highest BCUT2D eigenvalue weighted by atomic mass is 79.9. The van der Waals surface area contributed by atoms with E-state index in [1.165, 1.54) is 11.6 Å². The summed E-state index contributed by atoms with van der Waals surface area (Å²) < 4.78 is 39.4. The Hall–Kier alpha value is -1.86. The van der Waals surface area contributed by atoms with Gasteiger partial charge in [0.1, 0.15) is 0 Å². The third kappa shape index (κ3) is 5.82. The Balaban J connectivity index is 1.46. The van der Waals surface area contributed by atoms with E-state index in [0.717, 1.165) is 49.1 Å². The SMILES string of the molecule is O=C(NCc1cccc(C(F)(F)F)c1)C1CCN(Cc2ccc(Br)cc2)CC1. The molecule has 0 radical (unpaired) electrons. The minimum absolute atomic E-state index is 0.0827. The topological polar surface area (TPSA) is 32.3 Å². The number of benzene rings is 2. The molecule has 1 aliphatic heterocycles. The van der Waals surface area contributed by atoms with Crippen LogP contribution in [0.2, 0.25) is 0 Å². The summed E-state index contributed by atoms with van der Waals surface area (Å²) in [5, 5.41) is 2.79. The van der Waals surface area contributed by atoms with Crippen LogP contribution in [-0.4, -0.2) is 23.9 Å². The zero-order valence-corrected chi connectivity index (χ0v) is 16.9. The van der Waals surface area contributed by atoms with Crippen LogP contribution in [-0.2, 0) is 24.1 Å². The van der Waals surface area contributed by atoms with Crippen LogP contribution in [0.3, 0.4) is 0 Å². The molecule has 0 aliphatic carbocycles. The second-order valence-electron chi connectivity index (χ2n) is 7.09. The monoisotopic (exact) mass is 454 g/mol. The Morgan fingerprint density at radius 2 is 1.75 bits per heavy atom. The maximum absolute atomic E-state index is 12.8. The Bertz CT molecular complexity index is 800. The third-order valence-corrected chi connectivity index (χ3v) is 5.53. The van der Waals surface area contributed by atoms with Crippen molar-refractivity contribution in [3.05, 3.63) is 69.7 Å². The Morgan fingerprint density at radius 1 is 1.07 bits per heavy atom. The van der Waals surface area contributed by atoms with E-state index >= 15 is 0 Å². The molecule has 1 amide bonds. The van der Waals surface area contributed by atoms with Crippen molar-refractivity contribution in [3.63, 3.8) is 0 Å². The zero-order chi connectivity index (χ0) is 20.1. The first-order chi connectivity index (χ1) is 13.3. The summed E-state index contributed by atoms with van der Waals surface area (Å²) in [6, 6.07) is 13.3. The molecule has 0 saturated carbocycles. The minimum atomic E-state index is -4.37. The predicted octanol–water partition coefficient (Wildman–Crippen LogP) is 5.00. The van der Waals surface area contributed by atoms with Gasteiger partial charge >= 0.3 is 6.18 Å². The second kappa shape index (κ2) is 9.09. The molecule has 1 saturated heterocycles. The van der Waals surface area contributed by atoms with Crippen molar-refractivity contribution in [2.45, 2.75) is 32.1 Å². The van der Waals surface area contributed by atoms with Gasteiger partial charge in [-0.25, -0.2) is 0 Å². The number of halogens is 4. The molecule has 2 aromatic rings. The maximum Gasteiger partial charge on any atom is 0.416 e. The van der Waals surface area contributed by atoms with E-state index in [1.54, 1.807) is 6.07 Å². The summed E-state index contributed by atoms with van der Waals surface area (Å²) in [7, 11) is 0. The highest BCUT2D eigenvalue weighted by Crippen LogP contribution is 2.29. The van der Waals surface area contributed by atoms with Crippen molar-refractivity contribution < 1.29 is 18.0 Å². The van der Waals surface area contributed by atoms with Crippen LogP contribution >= 0.6 is 15.9 Å². The number of likely N-dealkylation sites (tertiary alicyclic amines) is 1. The first-order valence-corrected chi connectivity index (χ1v) is 10.0. The Labute approximate surface area is 171 Å². The summed E-state index contributed by atoms with van der Waals surface area (Å²) in [4.78, 5) is 14.7. The molecule has 7 heteroatoms. The predicted molar refractivity (Wildman–Crippen MR) is 105 cm³/mol. The molecule has 150 valence electrons. The lowest BCUT2D eigenvalue weighted by atomic mass is 9.95. The van der Waals surface area contributed by atoms with E-state index in [4.69, 9.17) is 0 Å². The van der Waals surface area contributed by atoms with Crippen molar-refractivity contribution in [1.29, 1.82) is 0 Å². The standard InChI is InChI=1S/C21H22BrF3N2O/c22-19-6-4-15(5-7-19)14-27-10-8-17(9-11-27)20(28)26-13-16-2-1-3-18(12-16)21(23,24)25/h1-7,12,17H,8-11,13-14H2,(H,26,28). The zero-order valence-electron chi connectivity index (χ0n) is 15.3. The van der Waals surface area contributed by atoms with Crippen LogP contribution in [0.5, 0.6) is 0 Å². The average Bonchev–Trinajstić information content (AvgIpc) is 2.68. The summed E-state index contributed by atoms with van der Waals surface area (Å²) in [5.41, 5.74) is 0.993. The van der Waals surface area contributed by atoms with Gasteiger partial charge in [-0.05, 0) is 61.3 Å². The molecular weight excluding hydrogens is 433 g/mol. The third-order valence-electron chi connectivity index (χ3n) is 5.00. The number of carbonyl (C=O) groups is 1. The van der Waals surface area contributed by atoms with Crippen LogP contribution in [0.25, 0.3) is 0 Å². The maximum atomic E-state index is 12.8. The largest absolute Gasteiger partial charge is 0.416 e. The van der Waals surface area contributed by atoms with E-state index in [9.17, 15) is 18.0 Å². The minimum Gasteiger partial charge on any atom is -0.352 e. The van der Waals surface area contributed by atoms with Crippen LogP contribution < -0.4 is 5.32 Å². The highest BCUT2D eigenvalue weighted by Gasteiger charge is 2.30. The van der Waals surface area contributed by atoms with Crippen LogP contribution in [0.1, 0.15) is 29.5 Å². The molecular formula is C21H22BrF3N2O. The summed E-state index contributed by atoms with van der Waals surface area (Å²) in [6.07, 6.45) is -2.86. The Morgan fingerprint density at radius 3 is 2.39 bits per heavy atom. The highest BCUT2D eigenvalue weighted by molar-refractivity contribution is 9.10. The number of piperidine rings is 1. The normalized spacial score (nSPS) is 16.1. The number of carbonyl (C=O) groups excluding carboxylic acids is 1. The van der Waals surface area contributed by atoms with E-state index in [-0.39, 0.29) is 18.4 Å². The molecule has 0 spiro atoms. The average molecular weight is 455 g/mol. The van der Waals surface area contributed by atoms with Crippen molar-refractivity contribution >= 4 is 21.8 Å². The van der Waals surface area contributed by atoms with Gasteiger partial charge in [0, 0.05) is 23.5 Å². The van der Waals surface area contributed by atoms with Crippen molar-refractivity contribution in [3.8, 4) is 0 Å². The van der Waals surface area contributed by atoms with Gasteiger partial charge in [0.05, 0.1) is 5.56 Å². The fraction of sp³-hybridized carbons (Fsp3) is 0.381. The lowest BCUT2D eigenvalue weighted by Gasteiger charge is -2.31. The number of rotatable bonds is 5. The van der Waals surface area contributed by atoms with Crippen LogP contribution in [0.4, 0.5) is 13.2 Å². The van der Waals surface area contributed by atoms with Crippen LogP contribution in [0.15, 0.2) is 53.0 Å². The van der Waals surface area contributed by atoms with Gasteiger partial charge in [0.2, 0.25) is 5.91 Å². The molecule has 3 nitrogen and oxygen atoms in total. The number of hydrogen-bond donors (Lipinski definition) is 1. The van der Waals surface area contributed by atoms with Crippen molar-refractivity contribution in [1.82, 2.24) is 10.2 Å². The molecule has 1 aliphatic rings. The summed E-state index contributed by atoms with van der Waals surface area (Å²) in [5.74, 6) is -0.173. The van der Waals surface area contributed by atoms with Crippen molar-refractivity contribution in [2.75, 3.05) is 13.1 Å². The molecule has 0 aromatic heterocycles. The van der Waals surface area contributed by atoms with E-state index in [1.807, 2.05) is 12.1 Å². The quantitative estimate of drug-likeness (QED) is 0.689. The molecule has 0 bridgehead atoms. The second-order valence-corrected chi connectivity index (χ2v) is 8.01. The van der Waals surface area contributed by atoms with Gasteiger partial charge in [-0.15, -0.1) is 0 Å². The molecule has 0 atom stereocenters. The van der Waals surface area contributed by atoms with E-state index < -0.39 is 11.7 Å².